The largest absolute Gasteiger partial charge is 0.350 e. The molecule has 0 bridgehead atoms. The zero-order valence-electron chi connectivity index (χ0n) is 15.0. The third-order valence-corrected chi connectivity index (χ3v) is 5.75. The van der Waals surface area contributed by atoms with Crippen molar-refractivity contribution in [1.29, 1.82) is 0 Å². The van der Waals surface area contributed by atoms with Crippen LogP contribution in [0.15, 0.2) is 36.4 Å². The first-order valence-electron chi connectivity index (χ1n) is 8.58. The summed E-state index contributed by atoms with van der Waals surface area (Å²) in [6.45, 7) is 3.58. The highest BCUT2D eigenvalue weighted by Crippen LogP contribution is 2.28. The molecule has 1 aromatic carbocycles. The minimum Gasteiger partial charge on any atom is -0.350 e. The predicted molar refractivity (Wildman–Crippen MR) is 99.5 cm³/mol. The van der Waals surface area contributed by atoms with E-state index in [-0.39, 0.29) is 6.54 Å². The molecule has 1 atom stereocenters. The summed E-state index contributed by atoms with van der Waals surface area (Å²) in [7, 11) is 0. The summed E-state index contributed by atoms with van der Waals surface area (Å²) in [5.74, 6) is -1.40. The lowest BCUT2D eigenvalue weighted by Crippen LogP contribution is -2.43. The van der Waals surface area contributed by atoms with Crippen molar-refractivity contribution in [3.63, 3.8) is 0 Å². The molecule has 142 valence electrons. The second kappa shape index (κ2) is 7.48. The van der Waals surface area contributed by atoms with Gasteiger partial charge in [0.05, 0.1) is 6.54 Å². The van der Waals surface area contributed by atoms with Gasteiger partial charge < -0.3 is 10.6 Å². The van der Waals surface area contributed by atoms with Gasteiger partial charge in [0, 0.05) is 9.75 Å². The summed E-state index contributed by atoms with van der Waals surface area (Å²) in [6, 6.07) is 8.65. The Morgan fingerprint density at radius 2 is 1.85 bits per heavy atom. The molecule has 0 saturated carbocycles. The van der Waals surface area contributed by atoms with Crippen LogP contribution in [0.25, 0.3) is 0 Å². The predicted octanol–water partition coefficient (Wildman–Crippen LogP) is 2.53. The van der Waals surface area contributed by atoms with E-state index in [0.29, 0.717) is 12.1 Å². The number of nitrogens with zero attached hydrogens (tertiary/aromatic N) is 1. The summed E-state index contributed by atoms with van der Waals surface area (Å²) in [5.41, 5.74) is -0.870. The van der Waals surface area contributed by atoms with Crippen molar-refractivity contribution in [2.45, 2.75) is 32.4 Å². The Kier molecular flexibility index (Phi) is 5.27. The zero-order valence-corrected chi connectivity index (χ0v) is 15.9. The van der Waals surface area contributed by atoms with Crippen LogP contribution in [0.3, 0.4) is 0 Å². The van der Waals surface area contributed by atoms with Crippen molar-refractivity contribution in [3.05, 3.63) is 57.5 Å². The van der Waals surface area contributed by atoms with E-state index in [1.165, 1.54) is 36.1 Å². The Balaban J connectivity index is 1.64. The molecule has 0 radical (unpaired) electrons. The third-order valence-electron chi connectivity index (χ3n) is 4.52. The van der Waals surface area contributed by atoms with Gasteiger partial charge in [0.1, 0.15) is 17.9 Å². The number of hydrogen-bond acceptors (Lipinski definition) is 4. The topological polar surface area (TPSA) is 78.5 Å². The second-order valence-electron chi connectivity index (χ2n) is 6.45. The first kappa shape index (κ1) is 19.0. The number of nitrogens with one attached hydrogen (secondary N) is 2. The van der Waals surface area contributed by atoms with Gasteiger partial charge in [-0.15, -0.1) is 11.3 Å². The standard InChI is InChI=1S/C19H20FN3O3S/c1-3-14-8-9-15(27-14)10-21-16(24)11-23-17(25)19(2,22-18(23)26)12-4-6-13(20)7-5-12/h4-9H,3,10-11H2,1-2H3,(H,21,24)(H,22,26). The Hall–Kier alpha value is -2.74. The molecule has 6 nitrogen and oxygen atoms in total. The van der Waals surface area contributed by atoms with E-state index in [1.807, 2.05) is 12.1 Å². The lowest BCUT2D eigenvalue weighted by molar-refractivity contribution is -0.134. The molecule has 1 aliphatic rings. The van der Waals surface area contributed by atoms with Crippen LogP contribution in [0.4, 0.5) is 9.18 Å². The van der Waals surface area contributed by atoms with E-state index in [4.69, 9.17) is 0 Å². The van der Waals surface area contributed by atoms with Gasteiger partial charge in [-0.2, -0.15) is 0 Å². The van der Waals surface area contributed by atoms with Crippen molar-refractivity contribution >= 4 is 29.2 Å². The van der Waals surface area contributed by atoms with Crippen molar-refractivity contribution in [2.75, 3.05) is 6.54 Å². The van der Waals surface area contributed by atoms with Crippen LogP contribution in [-0.2, 0) is 28.1 Å². The molecule has 3 rings (SSSR count). The number of benzene rings is 1. The number of amides is 4. The van der Waals surface area contributed by atoms with Crippen LogP contribution in [0.5, 0.6) is 0 Å². The quantitative estimate of drug-likeness (QED) is 0.746. The highest BCUT2D eigenvalue weighted by atomic mass is 32.1. The third kappa shape index (κ3) is 3.85. The van der Waals surface area contributed by atoms with Crippen molar-refractivity contribution in [2.24, 2.45) is 0 Å². The first-order chi connectivity index (χ1) is 12.8. The molecule has 2 aromatic rings. The molecule has 1 aromatic heterocycles. The molecule has 1 aliphatic heterocycles. The van der Waals surface area contributed by atoms with E-state index < -0.39 is 29.2 Å². The number of thiophene rings is 1. The average Bonchev–Trinajstić information content (AvgIpc) is 3.19. The molecule has 0 aliphatic carbocycles. The fraction of sp³-hybridized carbons (Fsp3) is 0.316. The summed E-state index contributed by atoms with van der Waals surface area (Å²) in [5, 5.41) is 5.32. The number of imide groups is 1. The van der Waals surface area contributed by atoms with Crippen molar-refractivity contribution < 1.29 is 18.8 Å². The second-order valence-corrected chi connectivity index (χ2v) is 7.70. The number of halogens is 1. The highest BCUT2D eigenvalue weighted by Gasteiger charge is 2.49. The van der Waals surface area contributed by atoms with Crippen molar-refractivity contribution in [1.82, 2.24) is 15.5 Å². The van der Waals surface area contributed by atoms with Gasteiger partial charge in [-0.1, -0.05) is 19.1 Å². The normalized spacial score (nSPS) is 19.3. The summed E-state index contributed by atoms with van der Waals surface area (Å²) >= 11 is 1.61. The fourth-order valence-corrected chi connectivity index (χ4v) is 3.81. The Morgan fingerprint density at radius 1 is 1.19 bits per heavy atom. The van der Waals surface area contributed by atoms with E-state index >= 15 is 0 Å². The van der Waals surface area contributed by atoms with Crippen LogP contribution in [-0.4, -0.2) is 29.3 Å². The monoisotopic (exact) mass is 389 g/mol. The van der Waals surface area contributed by atoms with E-state index in [9.17, 15) is 18.8 Å². The molecule has 2 heterocycles. The van der Waals surface area contributed by atoms with Crippen LogP contribution in [0.1, 0.15) is 29.2 Å². The molecular formula is C19H20FN3O3S. The first-order valence-corrected chi connectivity index (χ1v) is 9.39. The number of urea groups is 1. The Morgan fingerprint density at radius 3 is 2.48 bits per heavy atom. The van der Waals surface area contributed by atoms with Crippen molar-refractivity contribution in [3.8, 4) is 0 Å². The summed E-state index contributed by atoms with van der Waals surface area (Å²) in [4.78, 5) is 40.3. The number of carbonyl (C=O) groups excluding carboxylic acids is 3. The Labute approximate surface area is 160 Å². The zero-order chi connectivity index (χ0) is 19.6. The van der Waals surface area contributed by atoms with Crippen LogP contribution in [0.2, 0.25) is 0 Å². The van der Waals surface area contributed by atoms with E-state index in [2.05, 4.69) is 17.6 Å². The SMILES string of the molecule is CCc1ccc(CNC(=O)CN2C(=O)NC(C)(c3ccc(F)cc3)C2=O)s1. The summed E-state index contributed by atoms with van der Waals surface area (Å²) in [6.07, 6.45) is 0.934. The highest BCUT2D eigenvalue weighted by molar-refractivity contribution is 7.11. The van der Waals surface area contributed by atoms with E-state index in [1.54, 1.807) is 11.3 Å². The van der Waals surface area contributed by atoms with Crippen LogP contribution < -0.4 is 10.6 Å². The van der Waals surface area contributed by atoms with E-state index in [0.717, 1.165) is 16.2 Å². The molecule has 4 amide bonds. The van der Waals surface area contributed by atoms with Gasteiger partial charge in [0.25, 0.3) is 5.91 Å². The van der Waals surface area contributed by atoms with Crippen LogP contribution in [0, 0.1) is 5.82 Å². The maximum Gasteiger partial charge on any atom is 0.325 e. The van der Waals surface area contributed by atoms with Gasteiger partial charge >= 0.3 is 6.03 Å². The molecular weight excluding hydrogens is 369 g/mol. The number of rotatable bonds is 6. The molecule has 1 fully saturated rings. The minimum atomic E-state index is -1.32. The van der Waals surface area contributed by atoms with Gasteiger partial charge in [0.2, 0.25) is 5.91 Å². The molecule has 8 heteroatoms. The number of hydrogen-bond donors (Lipinski definition) is 2. The maximum atomic E-state index is 13.1. The molecule has 1 saturated heterocycles. The Bertz CT molecular complexity index is 881. The lowest BCUT2D eigenvalue weighted by atomic mass is 9.92. The van der Waals surface area contributed by atoms with Gasteiger partial charge in [-0.25, -0.2) is 9.18 Å². The average molecular weight is 389 g/mol. The van der Waals surface area contributed by atoms with Gasteiger partial charge in [0.15, 0.2) is 0 Å². The van der Waals surface area contributed by atoms with Gasteiger partial charge in [-0.3, -0.25) is 14.5 Å². The fourth-order valence-electron chi connectivity index (χ4n) is 2.91. The smallest absolute Gasteiger partial charge is 0.325 e. The maximum absolute atomic E-state index is 13.1. The minimum absolute atomic E-state index is 0.350. The number of carbonyl (C=O) groups is 3. The van der Waals surface area contributed by atoms with Gasteiger partial charge in [-0.05, 0) is 43.2 Å². The lowest BCUT2D eigenvalue weighted by Gasteiger charge is -2.22. The van der Waals surface area contributed by atoms with Crippen LogP contribution >= 0.6 is 11.3 Å². The molecule has 27 heavy (non-hydrogen) atoms. The summed E-state index contributed by atoms with van der Waals surface area (Å²) < 4.78 is 13.1. The number of aryl methyl sites for hydroxylation is 1. The molecule has 1 unspecified atom stereocenters. The molecule has 2 N–H and O–H groups in total. The molecule has 0 spiro atoms.